The molecule has 186 valence electrons. The van der Waals surface area contributed by atoms with Crippen LogP contribution in [-0.2, 0) is 24.6 Å². The van der Waals surface area contributed by atoms with E-state index >= 15 is 0 Å². The molecule has 4 amide bonds. The molecule has 4 rings (SSSR count). The minimum atomic E-state index is -3.10. The first-order valence-corrected chi connectivity index (χ1v) is 11.9. The zero-order chi connectivity index (χ0) is 28.0. The number of likely N-dealkylation sites (N-methyl/N-ethyl adjacent to an activating group) is 1. The number of anilines is 1. The molecule has 1 saturated heterocycles. The maximum Gasteiger partial charge on any atom is 0.312 e. The van der Waals surface area contributed by atoms with Crippen molar-refractivity contribution in [2.24, 2.45) is 5.41 Å². The minimum Gasteiger partial charge on any atom is -0.345 e. The van der Waals surface area contributed by atoms with Crippen molar-refractivity contribution in [1.82, 2.24) is 15.1 Å². The number of rotatable bonds is 4. The average molecular weight is 483 g/mol. The Morgan fingerprint density at radius 3 is 2.66 bits per heavy atom. The molecule has 2 N–H and O–H groups in total. The Morgan fingerprint density at radius 1 is 1.34 bits per heavy atom. The van der Waals surface area contributed by atoms with E-state index < -0.39 is 47.7 Å². The van der Waals surface area contributed by atoms with Crippen LogP contribution in [0, 0.1) is 12.0 Å². The van der Waals surface area contributed by atoms with Gasteiger partial charge in [0.05, 0.1) is 6.42 Å². The molecule has 1 aliphatic carbocycles. The van der Waals surface area contributed by atoms with E-state index in [0.717, 1.165) is 6.42 Å². The summed E-state index contributed by atoms with van der Waals surface area (Å²) in [6.45, 7) is 9.92. The van der Waals surface area contributed by atoms with Gasteiger partial charge in [0.1, 0.15) is 11.5 Å². The summed E-state index contributed by atoms with van der Waals surface area (Å²) in [5.74, 6) is -3.48. The van der Waals surface area contributed by atoms with Crippen LogP contribution in [0.4, 0.5) is 5.69 Å². The number of carbonyl (C=O) groups is 4. The van der Waals surface area contributed by atoms with Crippen LogP contribution in [0.5, 0.6) is 0 Å². The van der Waals surface area contributed by atoms with E-state index in [1.54, 1.807) is 45.0 Å². The van der Waals surface area contributed by atoms with Gasteiger partial charge in [0.25, 0.3) is 5.91 Å². The van der Waals surface area contributed by atoms with Gasteiger partial charge in [-0.25, -0.2) is 6.57 Å². The molecule has 2 fully saturated rings. The number of nitrogens with one attached hydrogen (secondary N) is 2. The fourth-order valence-corrected chi connectivity index (χ4v) is 5.07. The highest BCUT2D eigenvalue weighted by Crippen LogP contribution is 2.47. The predicted octanol–water partition coefficient (Wildman–Crippen LogP) is 2.29. The summed E-state index contributed by atoms with van der Waals surface area (Å²) in [4.78, 5) is 58.6. The second kappa shape index (κ2) is 8.99. The smallest absolute Gasteiger partial charge is 0.312 e. The van der Waals surface area contributed by atoms with E-state index in [-0.39, 0.29) is 31.3 Å². The Balaban J connectivity index is 1.71. The maximum absolute atomic E-state index is 14.1. The molecule has 9 heteroatoms. The van der Waals surface area contributed by atoms with Gasteiger partial charge < -0.3 is 15.5 Å². The highest BCUT2D eigenvalue weighted by molar-refractivity contribution is 6.35. The Kier molecular flexibility index (Phi) is 5.37. The number of hydrogen-bond acceptors (Lipinski definition) is 4. The quantitative estimate of drug-likeness (QED) is 0.508. The van der Waals surface area contributed by atoms with Crippen LogP contribution in [0.1, 0.15) is 62.6 Å². The molecular formula is C26H33N5O4. The van der Waals surface area contributed by atoms with Crippen molar-refractivity contribution in [3.8, 4) is 0 Å². The summed E-state index contributed by atoms with van der Waals surface area (Å²) in [6.07, 6.45) is 1.23. The van der Waals surface area contributed by atoms with Gasteiger partial charge in [-0.2, -0.15) is 0 Å². The number of carbonyl (C=O) groups excluding carboxylic acids is 4. The van der Waals surface area contributed by atoms with Crippen LogP contribution in [0.3, 0.4) is 0 Å². The summed E-state index contributed by atoms with van der Waals surface area (Å²) in [5.41, 5.74) is -0.500. The van der Waals surface area contributed by atoms with E-state index in [9.17, 15) is 19.2 Å². The first-order valence-electron chi connectivity index (χ1n) is 13.4. The lowest BCUT2D eigenvalue weighted by molar-refractivity contribution is -0.152. The third kappa shape index (κ3) is 4.49. The van der Waals surface area contributed by atoms with Crippen LogP contribution in [0.2, 0.25) is 0 Å². The zero-order valence-electron chi connectivity index (χ0n) is 23.3. The normalized spacial score (nSPS) is 25.9. The van der Waals surface area contributed by atoms with Crippen LogP contribution >= 0.6 is 0 Å². The topological polar surface area (TPSA) is 103 Å². The number of nitrogens with zero attached hydrogens (tertiary/aromatic N) is 3. The van der Waals surface area contributed by atoms with Crippen molar-refractivity contribution in [1.29, 1.82) is 0 Å². The summed E-state index contributed by atoms with van der Waals surface area (Å²) < 4.78 is 24.3. The van der Waals surface area contributed by atoms with E-state index in [2.05, 4.69) is 15.5 Å². The third-order valence-electron chi connectivity index (χ3n) is 7.14. The van der Waals surface area contributed by atoms with Gasteiger partial charge in [0, 0.05) is 29.4 Å². The first kappa shape index (κ1) is 20.9. The van der Waals surface area contributed by atoms with Gasteiger partial charge in [-0.05, 0) is 42.7 Å². The molecule has 0 aromatic heterocycles. The van der Waals surface area contributed by atoms with Gasteiger partial charge in [0.2, 0.25) is 5.91 Å². The van der Waals surface area contributed by atoms with Crippen LogP contribution in [0.15, 0.2) is 24.3 Å². The number of likely N-dealkylation sites (tertiary alicyclic amines) is 1. The number of fused-ring (bicyclic) bond motifs is 2. The Bertz CT molecular complexity index is 1200. The molecule has 3 aliphatic rings. The molecule has 1 saturated carbocycles. The highest BCUT2D eigenvalue weighted by atomic mass is 16.2. The number of amides is 4. The minimum absolute atomic E-state index is 0.0389. The fourth-order valence-electron chi connectivity index (χ4n) is 5.07. The molecule has 1 spiro atoms. The number of para-hydroxylation sites is 1. The summed E-state index contributed by atoms with van der Waals surface area (Å²) >= 11 is 0. The van der Waals surface area contributed by atoms with Gasteiger partial charge >= 0.3 is 18.0 Å². The number of hydrogen-bond donors (Lipinski definition) is 2. The van der Waals surface area contributed by atoms with Gasteiger partial charge in [-0.1, -0.05) is 39.0 Å². The van der Waals surface area contributed by atoms with Crippen LogP contribution in [0.25, 0.3) is 4.85 Å². The molecule has 0 unspecified atom stereocenters. The third-order valence-corrected chi connectivity index (χ3v) is 7.14. The van der Waals surface area contributed by atoms with Crippen LogP contribution < -0.4 is 10.6 Å². The maximum atomic E-state index is 14.1. The molecule has 9 nitrogen and oxygen atoms in total. The Morgan fingerprint density at radius 2 is 2.06 bits per heavy atom. The lowest BCUT2D eigenvalue weighted by atomic mass is 9.80. The van der Waals surface area contributed by atoms with Crippen molar-refractivity contribution in [3.63, 3.8) is 0 Å². The molecule has 0 bridgehead atoms. The Hall–Kier alpha value is -3.41. The largest absolute Gasteiger partial charge is 0.345 e. The van der Waals surface area contributed by atoms with E-state index in [4.69, 9.17) is 10.7 Å². The molecule has 3 atom stereocenters. The standard InChI is InChI=1S/C26H33N5O4/c1-25(2,3)13-19(30(5)23(34)21(32)28-16-9-8-10-16)22(33)31-15-26(14-20(31)27-4)17-11-6-7-12-18(17)29-24(26)35/h6-7,11-12,16,19-20H,8-10,13-15H2,1-3,5H3,(H,28,32)(H,29,35)/t19-,20-,26-/m0/s1/i5D3. The monoisotopic (exact) mass is 482 g/mol. The van der Waals surface area contributed by atoms with Crippen molar-refractivity contribution in [3.05, 3.63) is 41.2 Å². The summed E-state index contributed by atoms with van der Waals surface area (Å²) in [5, 5.41) is 5.39. The second-order valence-electron chi connectivity index (χ2n) is 10.9. The fraction of sp³-hybridized carbons (Fsp3) is 0.577. The lowest BCUT2D eigenvalue weighted by Crippen LogP contribution is -2.56. The Labute approximate surface area is 210 Å². The van der Waals surface area contributed by atoms with Gasteiger partial charge in [-0.15, -0.1) is 0 Å². The first-order chi connectivity index (χ1) is 17.7. The zero-order valence-corrected chi connectivity index (χ0v) is 20.3. The molecule has 1 aromatic carbocycles. The highest BCUT2D eigenvalue weighted by Gasteiger charge is 2.59. The molecule has 1 aromatic rings. The number of benzene rings is 1. The van der Waals surface area contributed by atoms with Gasteiger partial charge in [-0.3, -0.25) is 28.9 Å². The molecule has 35 heavy (non-hydrogen) atoms. The predicted molar refractivity (Wildman–Crippen MR) is 130 cm³/mol. The van der Waals surface area contributed by atoms with E-state index in [1.165, 1.54) is 4.90 Å². The average Bonchev–Trinajstić information content (AvgIpc) is 3.31. The van der Waals surface area contributed by atoms with Crippen LogP contribution in [-0.4, -0.2) is 65.2 Å². The summed E-state index contributed by atoms with van der Waals surface area (Å²) in [6, 6.07) is 5.33. The van der Waals surface area contributed by atoms with Crippen molar-refractivity contribution in [2.45, 2.75) is 76.5 Å². The molecule has 2 aliphatic heterocycles. The second-order valence-corrected chi connectivity index (χ2v) is 10.9. The van der Waals surface area contributed by atoms with Crippen molar-refractivity contribution in [2.75, 3.05) is 18.8 Å². The van der Waals surface area contributed by atoms with Gasteiger partial charge in [0.15, 0.2) is 0 Å². The molecule has 0 radical (unpaired) electrons. The van der Waals surface area contributed by atoms with Crippen molar-refractivity contribution >= 4 is 29.3 Å². The molecule has 2 heterocycles. The molecular weight excluding hydrogens is 446 g/mol. The SMILES string of the molecule is [2H]C([2H])([2H])N(C(=O)C(=O)NC1CCC1)[C@@H](CC(C)(C)C)C(=O)N1C[C@]2(C[C@H]1[N+]#[C-])C(=O)Nc1ccccc12. The van der Waals surface area contributed by atoms with E-state index in [0.29, 0.717) is 29.0 Å². The van der Waals surface area contributed by atoms with E-state index in [1.807, 2.05) is 0 Å². The summed E-state index contributed by atoms with van der Waals surface area (Å²) in [7, 11) is 0. The van der Waals surface area contributed by atoms with Crippen molar-refractivity contribution < 1.29 is 23.3 Å². The lowest BCUT2D eigenvalue weighted by Gasteiger charge is -2.35.